The molecule has 0 saturated heterocycles. The normalized spacial score (nSPS) is 13.3. The van der Waals surface area contributed by atoms with Crippen molar-refractivity contribution < 1.29 is 13.5 Å². The Labute approximate surface area is 109 Å². The van der Waals surface area contributed by atoms with Gasteiger partial charge < -0.3 is 10.4 Å². The van der Waals surface area contributed by atoms with E-state index in [9.17, 15) is 8.42 Å². The van der Waals surface area contributed by atoms with Crippen molar-refractivity contribution in [3.8, 4) is 0 Å². The molecule has 0 aliphatic carbocycles. The fourth-order valence-corrected chi connectivity index (χ4v) is 2.35. The van der Waals surface area contributed by atoms with Crippen LogP contribution in [0.25, 0.3) is 0 Å². The molecule has 4 nitrogen and oxygen atoms in total. The summed E-state index contributed by atoms with van der Waals surface area (Å²) < 4.78 is 22.6. The fraction of sp³-hybridized carbons (Fsp3) is 0.538. The molecule has 0 amide bonds. The molecule has 1 aromatic carbocycles. The van der Waals surface area contributed by atoms with Crippen molar-refractivity contribution in [1.29, 1.82) is 0 Å². The molecule has 0 aliphatic rings. The van der Waals surface area contributed by atoms with Crippen molar-refractivity contribution in [3.63, 3.8) is 0 Å². The van der Waals surface area contributed by atoms with E-state index in [1.54, 1.807) is 24.3 Å². The maximum Gasteiger partial charge on any atom is 0.175 e. The van der Waals surface area contributed by atoms with E-state index < -0.39 is 9.84 Å². The maximum atomic E-state index is 11.3. The Morgan fingerprint density at radius 2 is 1.89 bits per heavy atom. The molecule has 0 radical (unpaired) electrons. The average Bonchev–Trinajstić information content (AvgIpc) is 2.34. The highest BCUT2D eigenvalue weighted by molar-refractivity contribution is 7.90. The maximum absolute atomic E-state index is 11.3. The van der Waals surface area contributed by atoms with Gasteiger partial charge in [0.05, 0.1) is 4.90 Å². The number of rotatable bonds is 7. The van der Waals surface area contributed by atoms with Gasteiger partial charge in [-0.1, -0.05) is 13.3 Å². The second kappa shape index (κ2) is 6.75. The van der Waals surface area contributed by atoms with Crippen LogP contribution in [0.3, 0.4) is 0 Å². The summed E-state index contributed by atoms with van der Waals surface area (Å²) in [6.45, 7) is 3.08. The SMILES string of the molecule is CCC(CCO)CNc1ccc(S(C)(=O)=O)cc1. The predicted molar refractivity (Wildman–Crippen MR) is 73.5 cm³/mol. The van der Waals surface area contributed by atoms with Crippen molar-refractivity contribution >= 4 is 15.5 Å². The van der Waals surface area contributed by atoms with E-state index in [1.807, 2.05) is 0 Å². The van der Waals surface area contributed by atoms with Crippen LogP contribution in [0.1, 0.15) is 19.8 Å². The van der Waals surface area contributed by atoms with Crippen molar-refractivity contribution in [3.05, 3.63) is 24.3 Å². The van der Waals surface area contributed by atoms with Crippen LogP contribution in [0, 0.1) is 5.92 Å². The first kappa shape index (κ1) is 15.0. The van der Waals surface area contributed by atoms with Crippen molar-refractivity contribution in [2.45, 2.75) is 24.7 Å². The quantitative estimate of drug-likeness (QED) is 0.795. The summed E-state index contributed by atoms with van der Waals surface area (Å²) in [5.74, 6) is 0.435. The van der Waals surface area contributed by atoms with Crippen LogP contribution in [-0.2, 0) is 9.84 Å². The molecule has 0 aliphatic heterocycles. The first-order valence-corrected chi connectivity index (χ1v) is 8.01. The molecule has 0 bridgehead atoms. The van der Waals surface area contributed by atoms with E-state index in [2.05, 4.69) is 12.2 Å². The minimum atomic E-state index is -3.12. The number of sulfone groups is 1. The molecule has 18 heavy (non-hydrogen) atoms. The summed E-state index contributed by atoms with van der Waals surface area (Å²) in [4.78, 5) is 0.329. The zero-order valence-electron chi connectivity index (χ0n) is 10.9. The van der Waals surface area contributed by atoms with Gasteiger partial charge in [-0.15, -0.1) is 0 Å². The molecule has 102 valence electrons. The molecule has 1 rings (SSSR count). The highest BCUT2D eigenvalue weighted by atomic mass is 32.2. The summed E-state index contributed by atoms with van der Waals surface area (Å²) >= 11 is 0. The van der Waals surface area contributed by atoms with E-state index in [0.717, 1.165) is 25.1 Å². The van der Waals surface area contributed by atoms with E-state index in [4.69, 9.17) is 5.11 Å². The van der Waals surface area contributed by atoms with Gasteiger partial charge in [-0.25, -0.2) is 8.42 Å². The number of hydrogen-bond acceptors (Lipinski definition) is 4. The number of aliphatic hydroxyl groups excluding tert-OH is 1. The van der Waals surface area contributed by atoms with Gasteiger partial charge in [0.2, 0.25) is 0 Å². The van der Waals surface area contributed by atoms with Gasteiger partial charge in [0.15, 0.2) is 9.84 Å². The highest BCUT2D eigenvalue weighted by Gasteiger charge is 2.07. The Bertz CT molecular complexity index is 454. The largest absolute Gasteiger partial charge is 0.396 e. The molecular formula is C13H21NO3S. The Morgan fingerprint density at radius 1 is 1.28 bits per heavy atom. The molecule has 1 atom stereocenters. The monoisotopic (exact) mass is 271 g/mol. The minimum absolute atomic E-state index is 0.202. The Balaban J connectivity index is 2.59. The molecule has 1 unspecified atom stereocenters. The van der Waals surface area contributed by atoms with Crippen LogP contribution in [0.15, 0.2) is 29.2 Å². The fourth-order valence-electron chi connectivity index (χ4n) is 1.72. The molecule has 1 aromatic rings. The predicted octanol–water partition coefficient (Wildman–Crippen LogP) is 1.91. The molecule has 0 heterocycles. The summed E-state index contributed by atoms with van der Waals surface area (Å²) in [5, 5.41) is 12.1. The number of aliphatic hydroxyl groups is 1. The zero-order chi connectivity index (χ0) is 13.6. The third kappa shape index (κ3) is 4.66. The summed E-state index contributed by atoms with van der Waals surface area (Å²) in [7, 11) is -3.12. The Kier molecular flexibility index (Phi) is 5.62. The first-order valence-electron chi connectivity index (χ1n) is 6.12. The number of anilines is 1. The van der Waals surface area contributed by atoms with Crippen LogP contribution in [0.4, 0.5) is 5.69 Å². The molecule has 2 N–H and O–H groups in total. The lowest BCUT2D eigenvalue weighted by Crippen LogP contribution is -2.15. The van der Waals surface area contributed by atoms with E-state index >= 15 is 0 Å². The zero-order valence-corrected chi connectivity index (χ0v) is 11.7. The molecular weight excluding hydrogens is 250 g/mol. The van der Waals surface area contributed by atoms with Crippen LogP contribution in [-0.4, -0.2) is 32.9 Å². The van der Waals surface area contributed by atoms with Crippen molar-refractivity contribution in [2.75, 3.05) is 24.7 Å². The van der Waals surface area contributed by atoms with Crippen LogP contribution < -0.4 is 5.32 Å². The standard InChI is InChI=1S/C13H21NO3S/c1-3-11(8-9-15)10-14-12-4-6-13(7-5-12)18(2,16)17/h4-7,11,14-15H,3,8-10H2,1-2H3. The highest BCUT2D eigenvalue weighted by Crippen LogP contribution is 2.15. The third-order valence-corrected chi connectivity index (χ3v) is 4.12. The van der Waals surface area contributed by atoms with E-state index in [-0.39, 0.29) is 6.61 Å². The second-order valence-corrected chi connectivity index (χ2v) is 6.48. The lowest BCUT2D eigenvalue weighted by molar-refractivity contribution is 0.258. The van der Waals surface area contributed by atoms with E-state index in [0.29, 0.717) is 10.8 Å². The molecule has 5 heteroatoms. The van der Waals surface area contributed by atoms with Gasteiger partial charge >= 0.3 is 0 Å². The average molecular weight is 271 g/mol. The topological polar surface area (TPSA) is 66.4 Å². The van der Waals surface area contributed by atoms with Gasteiger partial charge in [0.1, 0.15) is 0 Å². The van der Waals surface area contributed by atoms with Crippen molar-refractivity contribution in [1.82, 2.24) is 0 Å². The van der Waals surface area contributed by atoms with Gasteiger partial charge in [-0.05, 0) is 36.6 Å². The first-order chi connectivity index (χ1) is 8.47. The summed E-state index contributed by atoms with van der Waals surface area (Å²) in [6.07, 6.45) is 2.99. The summed E-state index contributed by atoms with van der Waals surface area (Å²) in [5.41, 5.74) is 0.902. The van der Waals surface area contributed by atoms with E-state index in [1.165, 1.54) is 6.26 Å². The third-order valence-electron chi connectivity index (χ3n) is 2.99. The van der Waals surface area contributed by atoms with Gasteiger partial charge in [0.25, 0.3) is 0 Å². The lowest BCUT2D eigenvalue weighted by Gasteiger charge is -2.15. The Morgan fingerprint density at radius 3 is 2.33 bits per heavy atom. The second-order valence-electron chi connectivity index (χ2n) is 4.46. The minimum Gasteiger partial charge on any atom is -0.396 e. The van der Waals surface area contributed by atoms with Crippen LogP contribution in [0.5, 0.6) is 0 Å². The molecule has 0 fully saturated rings. The van der Waals surface area contributed by atoms with Crippen LogP contribution in [0.2, 0.25) is 0 Å². The molecule has 0 saturated carbocycles. The van der Waals surface area contributed by atoms with Gasteiger partial charge in [-0.2, -0.15) is 0 Å². The number of nitrogens with one attached hydrogen (secondary N) is 1. The number of benzene rings is 1. The molecule has 0 spiro atoms. The van der Waals surface area contributed by atoms with Gasteiger partial charge in [0, 0.05) is 25.1 Å². The van der Waals surface area contributed by atoms with Crippen LogP contribution >= 0.6 is 0 Å². The summed E-state index contributed by atoms with van der Waals surface area (Å²) in [6, 6.07) is 6.74. The smallest absolute Gasteiger partial charge is 0.175 e. The lowest BCUT2D eigenvalue weighted by atomic mass is 10.0. The molecule has 0 aromatic heterocycles. The number of hydrogen-bond donors (Lipinski definition) is 2. The van der Waals surface area contributed by atoms with Crippen molar-refractivity contribution in [2.24, 2.45) is 5.92 Å². The van der Waals surface area contributed by atoms with Gasteiger partial charge in [-0.3, -0.25) is 0 Å². The Hall–Kier alpha value is -1.07.